The lowest BCUT2D eigenvalue weighted by molar-refractivity contribution is 0.0182. The van der Waals surface area contributed by atoms with Crippen molar-refractivity contribution in [1.29, 1.82) is 0 Å². The van der Waals surface area contributed by atoms with E-state index in [0.29, 0.717) is 36.5 Å². The molecule has 1 fully saturated rings. The number of hydrazine groups is 1. The van der Waals surface area contributed by atoms with Crippen LogP contribution in [0.15, 0.2) is 33.7 Å². The van der Waals surface area contributed by atoms with Crippen LogP contribution in [0.25, 0.3) is 0 Å². The molecule has 0 atom stereocenters. The lowest BCUT2D eigenvalue weighted by Gasteiger charge is -2.28. The summed E-state index contributed by atoms with van der Waals surface area (Å²) in [5, 5.41) is 6.40. The van der Waals surface area contributed by atoms with Crippen LogP contribution in [0.3, 0.4) is 0 Å². The number of rotatable bonds is 3. The van der Waals surface area contributed by atoms with Gasteiger partial charge >= 0.3 is 0 Å². The largest absolute Gasteiger partial charge is 0.361 e. The summed E-state index contributed by atoms with van der Waals surface area (Å²) < 4.78 is 29.0. The van der Waals surface area contributed by atoms with Crippen LogP contribution in [0, 0.1) is 13.8 Å². The minimum atomic E-state index is -3.58. The van der Waals surface area contributed by atoms with Gasteiger partial charge in [0.25, 0.3) is 11.8 Å². The van der Waals surface area contributed by atoms with E-state index in [9.17, 15) is 18.0 Å². The molecule has 1 aromatic carbocycles. The van der Waals surface area contributed by atoms with Crippen LogP contribution in [0.2, 0.25) is 0 Å². The van der Waals surface area contributed by atoms with Crippen LogP contribution < -0.4 is 0 Å². The van der Waals surface area contributed by atoms with Crippen molar-refractivity contribution in [3.63, 3.8) is 0 Å². The Kier molecular flexibility index (Phi) is 4.57. The van der Waals surface area contributed by atoms with Crippen molar-refractivity contribution < 1.29 is 22.5 Å². The minimum Gasteiger partial charge on any atom is -0.361 e. The average Bonchev–Trinajstić information content (AvgIpc) is 3.20. The van der Waals surface area contributed by atoms with Crippen molar-refractivity contribution in [2.75, 3.05) is 19.3 Å². The van der Waals surface area contributed by atoms with Gasteiger partial charge in [0.1, 0.15) is 11.3 Å². The van der Waals surface area contributed by atoms with Gasteiger partial charge in [-0.15, -0.1) is 0 Å². The van der Waals surface area contributed by atoms with E-state index in [2.05, 4.69) is 5.16 Å². The summed E-state index contributed by atoms with van der Waals surface area (Å²) in [5.41, 5.74) is 0.817. The molecule has 0 bridgehead atoms. The highest BCUT2D eigenvalue weighted by atomic mass is 32.2. The Labute approximate surface area is 151 Å². The first-order valence-corrected chi connectivity index (χ1v) is 9.96. The Morgan fingerprint density at radius 1 is 1.08 bits per heavy atom. The van der Waals surface area contributed by atoms with Gasteiger partial charge in [0.15, 0.2) is 9.84 Å². The monoisotopic (exact) mass is 377 g/mol. The number of carbonyl (C=O) groups excluding carboxylic acids is 2. The molecule has 0 spiro atoms. The third-order valence-corrected chi connectivity index (χ3v) is 5.42. The molecule has 138 valence electrons. The van der Waals surface area contributed by atoms with Crippen molar-refractivity contribution in [1.82, 2.24) is 15.2 Å². The molecule has 8 nitrogen and oxygen atoms in total. The van der Waals surface area contributed by atoms with Crippen LogP contribution >= 0.6 is 0 Å². The standard InChI is InChI=1S/C17H19N3O5S/c1-11-15(12(2)25-18-11)17(22)20-10-6-9-19(20)16(21)13-7-4-5-8-14(13)26(3,23)24/h4-5,7-8H,6,9-10H2,1-3H3. The van der Waals surface area contributed by atoms with E-state index in [-0.39, 0.29) is 16.4 Å². The minimum absolute atomic E-state index is 0.0495. The Hall–Kier alpha value is -2.68. The maximum atomic E-state index is 13.0. The summed E-state index contributed by atoms with van der Waals surface area (Å²) in [6.07, 6.45) is 1.65. The fraction of sp³-hybridized carbons (Fsp3) is 0.353. The molecular formula is C17H19N3O5S. The van der Waals surface area contributed by atoms with E-state index < -0.39 is 15.7 Å². The molecule has 1 saturated heterocycles. The van der Waals surface area contributed by atoms with Crippen LogP contribution in [0.5, 0.6) is 0 Å². The summed E-state index contributed by atoms with van der Waals surface area (Å²) in [7, 11) is -3.58. The number of sulfone groups is 1. The molecule has 1 aliphatic rings. The van der Waals surface area contributed by atoms with Crippen molar-refractivity contribution in [2.45, 2.75) is 25.2 Å². The molecule has 3 rings (SSSR count). The fourth-order valence-corrected chi connectivity index (χ4v) is 3.94. The molecule has 0 unspecified atom stereocenters. The maximum absolute atomic E-state index is 13.0. The lowest BCUT2D eigenvalue weighted by atomic mass is 10.2. The third-order valence-electron chi connectivity index (χ3n) is 4.26. The Bertz CT molecular complexity index is 961. The Balaban J connectivity index is 1.97. The molecule has 2 heterocycles. The molecule has 26 heavy (non-hydrogen) atoms. The second-order valence-electron chi connectivity index (χ2n) is 6.18. The number of hydrogen-bond donors (Lipinski definition) is 0. The van der Waals surface area contributed by atoms with Crippen molar-refractivity contribution in [3.05, 3.63) is 46.8 Å². The van der Waals surface area contributed by atoms with Gasteiger partial charge in [-0.05, 0) is 32.4 Å². The van der Waals surface area contributed by atoms with Crippen LogP contribution in [0.1, 0.15) is 38.6 Å². The van der Waals surface area contributed by atoms with Crippen molar-refractivity contribution >= 4 is 21.7 Å². The van der Waals surface area contributed by atoms with Gasteiger partial charge < -0.3 is 4.52 Å². The number of benzene rings is 1. The highest BCUT2D eigenvalue weighted by Crippen LogP contribution is 2.24. The molecule has 2 aromatic rings. The van der Waals surface area contributed by atoms with E-state index in [4.69, 9.17) is 4.52 Å². The summed E-state index contributed by atoms with van der Waals surface area (Å²) in [5.74, 6) is -0.532. The summed E-state index contributed by atoms with van der Waals surface area (Å²) in [6, 6.07) is 6.00. The predicted molar refractivity (Wildman–Crippen MR) is 92.2 cm³/mol. The average molecular weight is 377 g/mol. The van der Waals surface area contributed by atoms with Crippen molar-refractivity contribution in [3.8, 4) is 0 Å². The van der Waals surface area contributed by atoms with Gasteiger partial charge in [-0.3, -0.25) is 9.59 Å². The van der Waals surface area contributed by atoms with E-state index in [1.165, 1.54) is 22.2 Å². The van der Waals surface area contributed by atoms with Gasteiger partial charge in [-0.25, -0.2) is 18.4 Å². The van der Waals surface area contributed by atoms with Crippen LogP contribution in [-0.2, 0) is 9.84 Å². The Morgan fingerprint density at radius 2 is 1.69 bits per heavy atom. The zero-order valence-electron chi connectivity index (χ0n) is 14.7. The molecule has 0 N–H and O–H groups in total. The van der Waals surface area contributed by atoms with E-state index in [1.807, 2.05) is 0 Å². The number of aryl methyl sites for hydroxylation is 2. The van der Waals surface area contributed by atoms with E-state index in [0.717, 1.165) is 6.26 Å². The second kappa shape index (κ2) is 6.56. The number of carbonyl (C=O) groups is 2. The first kappa shape index (κ1) is 18.1. The summed E-state index contributed by atoms with van der Waals surface area (Å²) in [4.78, 5) is 25.8. The second-order valence-corrected chi connectivity index (χ2v) is 8.16. The zero-order valence-corrected chi connectivity index (χ0v) is 15.5. The number of aromatic nitrogens is 1. The molecule has 1 aromatic heterocycles. The van der Waals surface area contributed by atoms with Gasteiger partial charge in [0.05, 0.1) is 16.2 Å². The summed E-state index contributed by atoms with van der Waals surface area (Å²) >= 11 is 0. The fourth-order valence-electron chi connectivity index (χ4n) is 3.06. The quantitative estimate of drug-likeness (QED) is 0.805. The van der Waals surface area contributed by atoms with Gasteiger partial charge in [-0.1, -0.05) is 17.3 Å². The first-order chi connectivity index (χ1) is 12.2. The molecule has 1 aliphatic heterocycles. The first-order valence-electron chi connectivity index (χ1n) is 8.07. The van der Waals surface area contributed by atoms with Gasteiger partial charge in [0, 0.05) is 19.3 Å². The molecule has 0 aliphatic carbocycles. The lowest BCUT2D eigenvalue weighted by Crippen LogP contribution is -2.45. The van der Waals surface area contributed by atoms with Crippen LogP contribution in [-0.4, -0.2) is 54.8 Å². The SMILES string of the molecule is Cc1noc(C)c1C(=O)N1CCCN1C(=O)c1ccccc1S(C)(=O)=O. The molecule has 0 radical (unpaired) electrons. The number of hydrogen-bond acceptors (Lipinski definition) is 6. The number of amides is 2. The Morgan fingerprint density at radius 3 is 2.27 bits per heavy atom. The molecule has 2 amide bonds. The summed E-state index contributed by atoms with van der Waals surface area (Å²) in [6.45, 7) is 3.97. The number of nitrogens with zero attached hydrogens (tertiary/aromatic N) is 3. The normalized spacial score (nSPS) is 14.7. The van der Waals surface area contributed by atoms with E-state index >= 15 is 0 Å². The smallest absolute Gasteiger partial charge is 0.277 e. The highest BCUT2D eigenvalue weighted by molar-refractivity contribution is 7.90. The molecule has 0 saturated carbocycles. The van der Waals surface area contributed by atoms with E-state index in [1.54, 1.807) is 26.0 Å². The van der Waals surface area contributed by atoms with Crippen LogP contribution in [0.4, 0.5) is 0 Å². The zero-order chi connectivity index (χ0) is 19.1. The topological polar surface area (TPSA) is 101 Å². The van der Waals surface area contributed by atoms with Crippen molar-refractivity contribution in [2.24, 2.45) is 0 Å². The molecular weight excluding hydrogens is 358 g/mol. The highest BCUT2D eigenvalue weighted by Gasteiger charge is 2.35. The predicted octanol–water partition coefficient (Wildman–Crippen LogP) is 1.60. The maximum Gasteiger partial charge on any atom is 0.277 e. The third kappa shape index (κ3) is 3.10. The van der Waals surface area contributed by atoms with Gasteiger partial charge in [-0.2, -0.15) is 0 Å². The molecule has 9 heteroatoms. The van der Waals surface area contributed by atoms with Gasteiger partial charge in [0.2, 0.25) is 0 Å².